The number of nitrogens with zero attached hydrogens (tertiary/aromatic N) is 3. The minimum atomic E-state index is -4.51. The lowest BCUT2D eigenvalue weighted by atomic mass is 9.98. The van der Waals surface area contributed by atoms with Crippen LogP contribution >= 0.6 is 11.6 Å². The molecule has 26 heavy (non-hydrogen) atoms. The summed E-state index contributed by atoms with van der Waals surface area (Å²) in [6.07, 6.45) is -2.83. The van der Waals surface area contributed by atoms with E-state index in [-0.39, 0.29) is 17.1 Å². The van der Waals surface area contributed by atoms with Gasteiger partial charge in [-0.05, 0) is 24.3 Å². The molecule has 1 unspecified atom stereocenters. The SMILES string of the molecule is OC1N=C(c2ccccc2Cl)c2cc(C(F)(F)F)ccc2-n2ccnc21. The van der Waals surface area contributed by atoms with E-state index in [1.54, 1.807) is 30.5 Å². The van der Waals surface area contributed by atoms with Crippen molar-refractivity contribution in [1.29, 1.82) is 0 Å². The minimum Gasteiger partial charge on any atom is -0.365 e. The lowest BCUT2D eigenvalue weighted by Crippen LogP contribution is -2.12. The van der Waals surface area contributed by atoms with Crippen LogP contribution in [0.5, 0.6) is 0 Å². The summed E-state index contributed by atoms with van der Waals surface area (Å²) in [4.78, 5) is 8.29. The molecule has 0 amide bonds. The summed E-state index contributed by atoms with van der Waals surface area (Å²) in [7, 11) is 0. The average molecular weight is 378 g/mol. The van der Waals surface area contributed by atoms with E-state index in [9.17, 15) is 18.3 Å². The number of halogens is 4. The molecule has 1 aliphatic rings. The Morgan fingerprint density at radius 2 is 1.85 bits per heavy atom. The largest absolute Gasteiger partial charge is 0.416 e. The van der Waals surface area contributed by atoms with Gasteiger partial charge in [-0.3, -0.25) is 4.57 Å². The molecule has 0 aliphatic carbocycles. The van der Waals surface area contributed by atoms with Crippen molar-refractivity contribution in [3.8, 4) is 5.69 Å². The van der Waals surface area contributed by atoms with Crippen molar-refractivity contribution in [1.82, 2.24) is 9.55 Å². The van der Waals surface area contributed by atoms with Crippen LogP contribution in [0.1, 0.15) is 28.7 Å². The normalized spacial score (nSPS) is 16.5. The van der Waals surface area contributed by atoms with E-state index in [2.05, 4.69) is 9.98 Å². The first-order valence-electron chi connectivity index (χ1n) is 7.62. The number of hydrogen-bond acceptors (Lipinski definition) is 3. The van der Waals surface area contributed by atoms with Crippen LogP contribution < -0.4 is 0 Å². The van der Waals surface area contributed by atoms with Crippen molar-refractivity contribution >= 4 is 17.3 Å². The van der Waals surface area contributed by atoms with E-state index in [1.165, 1.54) is 16.8 Å². The van der Waals surface area contributed by atoms with Crippen molar-refractivity contribution in [2.75, 3.05) is 0 Å². The Balaban J connectivity index is 2.04. The van der Waals surface area contributed by atoms with Gasteiger partial charge < -0.3 is 5.11 Å². The van der Waals surface area contributed by atoms with Gasteiger partial charge >= 0.3 is 6.18 Å². The molecule has 2 aromatic carbocycles. The lowest BCUT2D eigenvalue weighted by molar-refractivity contribution is -0.137. The van der Waals surface area contributed by atoms with Gasteiger partial charge in [0.25, 0.3) is 0 Å². The molecule has 0 saturated carbocycles. The second-order valence-corrected chi connectivity index (χ2v) is 6.12. The van der Waals surface area contributed by atoms with Crippen molar-refractivity contribution in [3.63, 3.8) is 0 Å². The molecule has 1 atom stereocenters. The number of aromatic nitrogens is 2. The molecule has 0 saturated heterocycles. The quantitative estimate of drug-likeness (QED) is 0.684. The predicted octanol–water partition coefficient (Wildman–Crippen LogP) is 4.39. The van der Waals surface area contributed by atoms with Gasteiger partial charge in [0.1, 0.15) is 0 Å². The summed E-state index contributed by atoms with van der Waals surface area (Å²) >= 11 is 6.23. The van der Waals surface area contributed by atoms with Gasteiger partial charge in [0.2, 0.25) is 6.23 Å². The summed E-state index contributed by atoms with van der Waals surface area (Å²) in [5.41, 5.74) is 0.438. The van der Waals surface area contributed by atoms with Crippen LogP contribution in [0.4, 0.5) is 13.2 Å². The van der Waals surface area contributed by atoms with Gasteiger partial charge in [0.15, 0.2) is 5.82 Å². The van der Waals surface area contributed by atoms with E-state index >= 15 is 0 Å². The maximum atomic E-state index is 13.2. The first-order chi connectivity index (χ1) is 12.4. The zero-order valence-electron chi connectivity index (χ0n) is 13.1. The Morgan fingerprint density at radius 3 is 2.58 bits per heavy atom. The molecule has 1 N–H and O–H groups in total. The highest BCUT2D eigenvalue weighted by molar-refractivity contribution is 6.35. The second-order valence-electron chi connectivity index (χ2n) is 5.72. The Morgan fingerprint density at radius 1 is 1.08 bits per heavy atom. The van der Waals surface area contributed by atoms with Crippen LogP contribution in [0.15, 0.2) is 59.9 Å². The Labute approximate surface area is 151 Å². The lowest BCUT2D eigenvalue weighted by Gasteiger charge is -2.15. The summed E-state index contributed by atoms with van der Waals surface area (Å²) < 4.78 is 41.3. The van der Waals surface area contributed by atoms with Crippen molar-refractivity contribution < 1.29 is 18.3 Å². The molecule has 1 aliphatic heterocycles. The number of benzene rings is 2. The van der Waals surface area contributed by atoms with Gasteiger partial charge in [0.05, 0.1) is 17.0 Å². The molecule has 8 heteroatoms. The summed E-state index contributed by atoms with van der Waals surface area (Å²) in [6.45, 7) is 0. The van der Waals surface area contributed by atoms with Gasteiger partial charge in [0, 0.05) is 28.5 Å². The van der Waals surface area contributed by atoms with Crippen LogP contribution in [0.2, 0.25) is 5.02 Å². The molecule has 132 valence electrons. The first kappa shape index (κ1) is 16.8. The summed E-state index contributed by atoms with van der Waals surface area (Å²) in [5, 5.41) is 10.7. The topological polar surface area (TPSA) is 50.4 Å². The molecule has 2 heterocycles. The number of rotatable bonds is 1. The molecule has 3 aromatic rings. The monoisotopic (exact) mass is 377 g/mol. The number of aliphatic hydroxyl groups excluding tert-OH is 1. The standard InChI is InChI=1S/C18H11ClF3N3O/c19-13-4-2-1-3-11(13)15-12-9-10(18(20,21)22)5-6-14(12)25-8-7-23-16(25)17(26)24-15/h1-9,17,26H. The minimum absolute atomic E-state index is 0.176. The molecular formula is C18H11ClF3N3O. The fourth-order valence-electron chi connectivity index (χ4n) is 2.94. The third-order valence-electron chi connectivity index (χ3n) is 4.12. The fourth-order valence-corrected chi connectivity index (χ4v) is 3.16. The summed E-state index contributed by atoms with van der Waals surface area (Å²) in [5.74, 6) is 0.216. The maximum Gasteiger partial charge on any atom is 0.416 e. The summed E-state index contributed by atoms with van der Waals surface area (Å²) in [6, 6.07) is 10.0. The van der Waals surface area contributed by atoms with Crippen molar-refractivity contribution in [3.05, 3.63) is 82.4 Å². The smallest absolute Gasteiger partial charge is 0.365 e. The maximum absolute atomic E-state index is 13.2. The number of alkyl halides is 3. The third-order valence-corrected chi connectivity index (χ3v) is 4.45. The van der Waals surface area contributed by atoms with Crippen LogP contribution in [0.3, 0.4) is 0 Å². The average Bonchev–Trinajstić information content (AvgIpc) is 3.05. The third kappa shape index (κ3) is 2.69. The zero-order chi connectivity index (χ0) is 18.5. The van der Waals surface area contributed by atoms with Crippen LogP contribution in [0.25, 0.3) is 5.69 Å². The van der Waals surface area contributed by atoms with Crippen LogP contribution in [-0.4, -0.2) is 20.4 Å². The highest BCUT2D eigenvalue weighted by atomic mass is 35.5. The van der Waals surface area contributed by atoms with Gasteiger partial charge in [-0.25, -0.2) is 9.98 Å². The van der Waals surface area contributed by atoms with Crippen LogP contribution in [0, 0.1) is 0 Å². The van der Waals surface area contributed by atoms with E-state index in [1.807, 2.05) is 0 Å². The molecule has 4 rings (SSSR count). The number of aliphatic hydroxyl groups is 1. The highest BCUT2D eigenvalue weighted by Gasteiger charge is 2.33. The van der Waals surface area contributed by atoms with E-state index in [0.717, 1.165) is 12.1 Å². The number of hydrogen-bond donors (Lipinski definition) is 1. The van der Waals surface area contributed by atoms with Crippen LogP contribution in [-0.2, 0) is 6.18 Å². The van der Waals surface area contributed by atoms with E-state index in [0.29, 0.717) is 16.3 Å². The van der Waals surface area contributed by atoms with Gasteiger partial charge in [-0.15, -0.1) is 0 Å². The molecule has 4 nitrogen and oxygen atoms in total. The second kappa shape index (κ2) is 5.96. The first-order valence-corrected chi connectivity index (χ1v) is 8.00. The molecule has 0 bridgehead atoms. The molecule has 0 radical (unpaired) electrons. The van der Waals surface area contributed by atoms with Gasteiger partial charge in [-0.2, -0.15) is 13.2 Å². The number of aliphatic imine (C=N–C) groups is 1. The Bertz CT molecular complexity index is 1030. The highest BCUT2D eigenvalue weighted by Crippen LogP contribution is 2.35. The molecule has 1 aromatic heterocycles. The molecule has 0 fully saturated rings. The zero-order valence-corrected chi connectivity index (χ0v) is 13.8. The van der Waals surface area contributed by atoms with Crippen molar-refractivity contribution in [2.24, 2.45) is 4.99 Å². The number of imidazole rings is 1. The van der Waals surface area contributed by atoms with E-state index in [4.69, 9.17) is 11.6 Å². The van der Waals surface area contributed by atoms with Crippen molar-refractivity contribution in [2.45, 2.75) is 12.4 Å². The molecule has 0 spiro atoms. The van der Waals surface area contributed by atoms with Gasteiger partial charge in [-0.1, -0.05) is 29.8 Å². The predicted molar refractivity (Wildman–Crippen MR) is 90.6 cm³/mol. The molecular weight excluding hydrogens is 367 g/mol. The Hall–Kier alpha value is -2.64. The fraction of sp³-hybridized carbons (Fsp3) is 0.111. The number of fused-ring (bicyclic) bond motifs is 3. The van der Waals surface area contributed by atoms with E-state index < -0.39 is 18.0 Å². The Kier molecular flexibility index (Phi) is 3.86.